The summed E-state index contributed by atoms with van der Waals surface area (Å²) >= 11 is 5.38. The topological polar surface area (TPSA) is 38.0 Å². The second kappa shape index (κ2) is 5.17. The number of aromatic nitrogens is 2. The van der Waals surface area contributed by atoms with Gasteiger partial charge in [0, 0.05) is 17.7 Å². The third kappa shape index (κ3) is 2.25. The van der Waals surface area contributed by atoms with Crippen molar-refractivity contribution in [2.75, 3.05) is 11.5 Å². The van der Waals surface area contributed by atoms with E-state index in [1.807, 2.05) is 16.4 Å². The lowest BCUT2D eigenvalue weighted by Crippen LogP contribution is -2.48. The van der Waals surface area contributed by atoms with Crippen molar-refractivity contribution in [2.24, 2.45) is 5.41 Å². The Morgan fingerprint density at radius 1 is 1.56 bits per heavy atom. The van der Waals surface area contributed by atoms with Gasteiger partial charge in [0.1, 0.15) is 5.60 Å². The molecule has 0 amide bonds. The van der Waals surface area contributed by atoms with Gasteiger partial charge in [0.25, 0.3) is 0 Å². The Hall–Kier alpha value is -0.0000000000000000555. The molecule has 1 unspecified atom stereocenters. The van der Waals surface area contributed by atoms with Crippen molar-refractivity contribution >= 4 is 27.7 Å². The zero-order chi connectivity index (χ0) is 13.4. The predicted octanol–water partition coefficient (Wildman–Crippen LogP) is 3.41. The fraction of sp³-hybridized carbons (Fsp3) is 0.769. The van der Waals surface area contributed by atoms with Crippen LogP contribution in [-0.4, -0.2) is 26.4 Å². The molecule has 102 valence electrons. The monoisotopic (exact) mass is 332 g/mol. The van der Waals surface area contributed by atoms with E-state index in [1.165, 1.54) is 0 Å². The first kappa shape index (κ1) is 14.4. The fourth-order valence-corrected chi connectivity index (χ4v) is 4.74. The molecule has 1 saturated heterocycles. The third-order valence-corrected chi connectivity index (χ3v) is 5.62. The molecule has 2 rings (SSSR count). The van der Waals surface area contributed by atoms with Crippen molar-refractivity contribution < 1.29 is 5.11 Å². The summed E-state index contributed by atoms with van der Waals surface area (Å²) in [6, 6.07) is 0. The third-order valence-electron chi connectivity index (χ3n) is 3.92. The van der Waals surface area contributed by atoms with Crippen LogP contribution in [0.2, 0.25) is 0 Å². The molecular weight excluding hydrogens is 312 g/mol. The number of aryl methyl sites for hydroxylation is 1. The van der Waals surface area contributed by atoms with Crippen molar-refractivity contribution in [3.63, 3.8) is 0 Å². The predicted molar refractivity (Wildman–Crippen MR) is 79.8 cm³/mol. The van der Waals surface area contributed by atoms with Gasteiger partial charge in [-0.1, -0.05) is 20.8 Å². The molecule has 1 aromatic rings. The van der Waals surface area contributed by atoms with Crippen LogP contribution in [0.3, 0.4) is 0 Å². The molecule has 5 heteroatoms. The highest BCUT2D eigenvalue weighted by Crippen LogP contribution is 2.50. The van der Waals surface area contributed by atoms with Gasteiger partial charge in [0.05, 0.1) is 16.4 Å². The largest absolute Gasteiger partial charge is 0.382 e. The molecule has 0 aliphatic carbocycles. The first-order valence-electron chi connectivity index (χ1n) is 6.44. The highest BCUT2D eigenvalue weighted by molar-refractivity contribution is 9.10. The summed E-state index contributed by atoms with van der Waals surface area (Å²) in [5.41, 5.74) is 0.0220. The highest BCUT2D eigenvalue weighted by atomic mass is 79.9. The molecule has 2 heterocycles. The second-order valence-electron chi connectivity index (χ2n) is 5.61. The van der Waals surface area contributed by atoms with E-state index >= 15 is 0 Å². The molecule has 1 N–H and O–H groups in total. The molecule has 1 aliphatic heterocycles. The van der Waals surface area contributed by atoms with Crippen molar-refractivity contribution in [3.8, 4) is 0 Å². The number of aliphatic hydroxyl groups is 1. The van der Waals surface area contributed by atoms with Crippen LogP contribution in [0, 0.1) is 5.41 Å². The van der Waals surface area contributed by atoms with Crippen LogP contribution in [0.1, 0.15) is 39.3 Å². The molecular formula is C13H21BrN2OS. The minimum atomic E-state index is -0.805. The maximum Gasteiger partial charge on any atom is 0.121 e. The Kier molecular flexibility index (Phi) is 4.14. The molecule has 1 aromatic heterocycles. The smallest absolute Gasteiger partial charge is 0.121 e. The number of hydrogen-bond donors (Lipinski definition) is 1. The average Bonchev–Trinajstić information content (AvgIpc) is 2.65. The van der Waals surface area contributed by atoms with Crippen molar-refractivity contribution in [1.82, 2.24) is 9.78 Å². The van der Waals surface area contributed by atoms with E-state index in [-0.39, 0.29) is 5.41 Å². The maximum absolute atomic E-state index is 11.2. The van der Waals surface area contributed by atoms with Gasteiger partial charge < -0.3 is 5.11 Å². The van der Waals surface area contributed by atoms with Gasteiger partial charge in [0.15, 0.2) is 0 Å². The van der Waals surface area contributed by atoms with Crippen LogP contribution >= 0.6 is 27.7 Å². The second-order valence-corrected chi connectivity index (χ2v) is 7.57. The Labute approximate surface area is 121 Å². The fourth-order valence-electron chi connectivity index (χ4n) is 2.49. The number of nitrogens with zero attached hydrogens (tertiary/aromatic N) is 2. The minimum absolute atomic E-state index is 0.119. The molecule has 0 aromatic carbocycles. The van der Waals surface area contributed by atoms with Crippen molar-refractivity contribution in [2.45, 2.75) is 45.8 Å². The summed E-state index contributed by atoms with van der Waals surface area (Å²) in [7, 11) is 0. The SMILES string of the molecule is CCCn1ncc(Br)c1C1(O)CSCCC1(C)C. The van der Waals surface area contributed by atoms with E-state index in [9.17, 15) is 5.11 Å². The van der Waals surface area contributed by atoms with E-state index in [0.29, 0.717) is 0 Å². The summed E-state index contributed by atoms with van der Waals surface area (Å²) in [5, 5.41) is 15.6. The van der Waals surface area contributed by atoms with Crippen LogP contribution in [0.15, 0.2) is 10.7 Å². The Morgan fingerprint density at radius 3 is 2.89 bits per heavy atom. The standard InChI is InChI=1S/C13H21BrN2OS/c1-4-6-16-11(10(14)8-15-16)13(17)9-18-7-5-12(13,2)3/h8,17H,4-7,9H2,1-3H3. The van der Waals surface area contributed by atoms with Crippen LogP contribution in [-0.2, 0) is 12.1 Å². The molecule has 1 fully saturated rings. The van der Waals surface area contributed by atoms with Crippen LogP contribution in [0.4, 0.5) is 0 Å². The number of hydrogen-bond acceptors (Lipinski definition) is 3. The summed E-state index contributed by atoms with van der Waals surface area (Å²) in [5.74, 6) is 1.86. The van der Waals surface area contributed by atoms with E-state index in [2.05, 4.69) is 41.8 Å². The Balaban J connectivity index is 2.48. The van der Waals surface area contributed by atoms with Crippen molar-refractivity contribution in [3.05, 3.63) is 16.4 Å². The first-order valence-corrected chi connectivity index (χ1v) is 8.39. The van der Waals surface area contributed by atoms with Crippen LogP contribution < -0.4 is 0 Å². The summed E-state index contributed by atoms with van der Waals surface area (Å²) in [6.07, 6.45) is 3.85. The van der Waals surface area contributed by atoms with Gasteiger partial charge >= 0.3 is 0 Å². The zero-order valence-electron chi connectivity index (χ0n) is 11.2. The van der Waals surface area contributed by atoms with E-state index < -0.39 is 5.60 Å². The van der Waals surface area contributed by atoms with Gasteiger partial charge in [0.2, 0.25) is 0 Å². The normalized spacial score (nSPS) is 27.4. The van der Waals surface area contributed by atoms with Gasteiger partial charge in [-0.05, 0) is 34.5 Å². The molecule has 0 saturated carbocycles. The lowest BCUT2D eigenvalue weighted by Gasteiger charge is -2.46. The molecule has 0 bridgehead atoms. The average molecular weight is 333 g/mol. The minimum Gasteiger partial charge on any atom is -0.382 e. The maximum atomic E-state index is 11.2. The zero-order valence-corrected chi connectivity index (χ0v) is 13.6. The van der Waals surface area contributed by atoms with Crippen molar-refractivity contribution in [1.29, 1.82) is 0 Å². The Bertz CT molecular complexity index is 433. The summed E-state index contributed by atoms with van der Waals surface area (Å²) in [6.45, 7) is 7.29. The van der Waals surface area contributed by atoms with Gasteiger partial charge in [-0.2, -0.15) is 16.9 Å². The molecule has 1 aliphatic rings. The Morgan fingerprint density at radius 2 is 2.28 bits per heavy atom. The van der Waals surface area contributed by atoms with Gasteiger partial charge in [-0.15, -0.1) is 0 Å². The first-order chi connectivity index (χ1) is 8.42. The molecule has 0 radical (unpaired) electrons. The quantitative estimate of drug-likeness (QED) is 0.921. The van der Waals surface area contributed by atoms with Crippen LogP contribution in [0.5, 0.6) is 0 Å². The molecule has 0 spiro atoms. The number of thioether (sulfide) groups is 1. The van der Waals surface area contributed by atoms with E-state index in [0.717, 1.165) is 41.1 Å². The van der Waals surface area contributed by atoms with Gasteiger partial charge in [-0.3, -0.25) is 4.68 Å². The number of halogens is 1. The highest BCUT2D eigenvalue weighted by Gasteiger charge is 2.49. The summed E-state index contributed by atoms with van der Waals surface area (Å²) in [4.78, 5) is 0. The molecule has 3 nitrogen and oxygen atoms in total. The van der Waals surface area contributed by atoms with E-state index in [1.54, 1.807) is 6.20 Å². The summed E-state index contributed by atoms with van der Waals surface area (Å²) < 4.78 is 2.88. The lowest BCUT2D eigenvalue weighted by molar-refractivity contribution is -0.0652. The van der Waals surface area contributed by atoms with E-state index in [4.69, 9.17) is 0 Å². The molecule has 18 heavy (non-hydrogen) atoms. The van der Waals surface area contributed by atoms with Gasteiger partial charge in [-0.25, -0.2) is 0 Å². The number of rotatable bonds is 3. The van der Waals surface area contributed by atoms with Crippen LogP contribution in [0.25, 0.3) is 0 Å². The lowest BCUT2D eigenvalue weighted by atomic mass is 9.71. The molecule has 1 atom stereocenters.